The molecule has 1 unspecified atom stereocenters. The van der Waals surface area contributed by atoms with E-state index in [9.17, 15) is 19.6 Å². The molecule has 1 saturated heterocycles. The highest BCUT2D eigenvalue weighted by Crippen LogP contribution is 2.35. The zero-order valence-electron chi connectivity index (χ0n) is 17.1. The van der Waals surface area contributed by atoms with Crippen LogP contribution in [-0.2, 0) is 16.0 Å². The number of ether oxygens (including phenoxy) is 1. The molecule has 3 N–H and O–H groups in total. The summed E-state index contributed by atoms with van der Waals surface area (Å²) in [5.41, 5.74) is 6.37. The first kappa shape index (κ1) is 20.2. The monoisotopic (exact) mass is 419 g/mol. The molecule has 0 bridgehead atoms. The molecule has 9 heteroatoms. The summed E-state index contributed by atoms with van der Waals surface area (Å²) in [6.07, 6.45) is 2.07. The van der Waals surface area contributed by atoms with Gasteiger partial charge in [-0.15, -0.1) is 0 Å². The van der Waals surface area contributed by atoms with Crippen LogP contribution in [0.15, 0.2) is 30.3 Å². The number of urea groups is 1. The van der Waals surface area contributed by atoms with Crippen molar-refractivity contribution in [2.24, 2.45) is 0 Å². The third-order valence-corrected chi connectivity index (χ3v) is 5.23. The van der Waals surface area contributed by atoms with Gasteiger partial charge in [-0.05, 0) is 73.7 Å². The largest absolute Gasteiger partial charge is 0.457 e. The van der Waals surface area contributed by atoms with E-state index in [-0.39, 0.29) is 5.91 Å². The third-order valence-electron chi connectivity index (χ3n) is 5.23. The third kappa shape index (κ3) is 4.00. The highest BCUT2D eigenvalue weighted by Gasteiger charge is 2.34. The molecule has 2 aromatic rings. The number of hydrogen-bond donors (Lipinski definition) is 3. The van der Waals surface area contributed by atoms with Gasteiger partial charge in [0, 0.05) is 12.1 Å². The lowest BCUT2D eigenvalue weighted by atomic mass is 10.1. The molecule has 2 aromatic carbocycles. The fraction of sp³-hybridized carbons (Fsp3) is 0.273. The van der Waals surface area contributed by atoms with E-state index in [1.54, 1.807) is 18.2 Å². The maximum atomic E-state index is 12.0. The number of benzene rings is 2. The first-order valence-corrected chi connectivity index (χ1v) is 9.88. The molecule has 4 amide bonds. The van der Waals surface area contributed by atoms with Crippen molar-refractivity contribution >= 4 is 29.2 Å². The number of nitrogens with zero attached hydrogens (tertiary/aromatic N) is 2. The maximum absolute atomic E-state index is 12.0. The molecular weight excluding hydrogens is 398 g/mol. The van der Waals surface area contributed by atoms with Crippen molar-refractivity contribution in [3.8, 4) is 17.6 Å². The van der Waals surface area contributed by atoms with E-state index in [0.717, 1.165) is 35.2 Å². The Morgan fingerprint density at radius 1 is 1.06 bits per heavy atom. The number of nitrogens with one attached hydrogen (secondary N) is 3. The van der Waals surface area contributed by atoms with Crippen molar-refractivity contribution in [1.29, 1.82) is 5.26 Å². The Balaban J connectivity index is 1.62. The molecule has 0 aromatic heterocycles. The molecule has 0 radical (unpaired) electrons. The average Bonchev–Trinajstić information content (AvgIpc) is 2.90. The molecule has 1 fully saturated rings. The number of fused-ring (bicyclic) bond motifs is 1. The van der Waals surface area contributed by atoms with E-state index in [1.165, 1.54) is 5.01 Å². The van der Waals surface area contributed by atoms with Gasteiger partial charge in [0.2, 0.25) is 11.9 Å². The zero-order chi connectivity index (χ0) is 22.1. The molecule has 0 aliphatic carbocycles. The van der Waals surface area contributed by atoms with Gasteiger partial charge in [-0.2, -0.15) is 5.26 Å². The normalized spacial score (nSPS) is 18.2. The van der Waals surface area contributed by atoms with Crippen molar-refractivity contribution in [2.45, 2.75) is 39.2 Å². The quantitative estimate of drug-likeness (QED) is 0.703. The SMILES string of the molecule is Cc1cc(N2NC(=O)NC(=O)C2C#N)cc(C)c1Oc1ccc2c(c1)CCCC(=O)N2. The van der Waals surface area contributed by atoms with Crippen LogP contribution < -0.4 is 25.8 Å². The van der Waals surface area contributed by atoms with Crippen LogP contribution in [0.2, 0.25) is 0 Å². The second-order valence-electron chi connectivity index (χ2n) is 7.56. The van der Waals surface area contributed by atoms with E-state index in [4.69, 9.17) is 4.74 Å². The lowest BCUT2D eigenvalue weighted by Gasteiger charge is -2.33. The highest BCUT2D eigenvalue weighted by atomic mass is 16.5. The van der Waals surface area contributed by atoms with E-state index >= 15 is 0 Å². The van der Waals surface area contributed by atoms with Crippen LogP contribution in [0.1, 0.15) is 29.5 Å². The van der Waals surface area contributed by atoms with Crippen molar-refractivity contribution in [2.75, 3.05) is 10.3 Å². The van der Waals surface area contributed by atoms with Crippen molar-refractivity contribution in [1.82, 2.24) is 10.7 Å². The summed E-state index contributed by atoms with van der Waals surface area (Å²) < 4.78 is 6.15. The Morgan fingerprint density at radius 2 is 1.81 bits per heavy atom. The van der Waals surface area contributed by atoms with Gasteiger partial charge in [-0.25, -0.2) is 10.2 Å². The summed E-state index contributed by atoms with van der Waals surface area (Å²) in [4.78, 5) is 35.4. The molecule has 2 aliphatic rings. The molecule has 1 atom stereocenters. The van der Waals surface area contributed by atoms with Crippen molar-refractivity contribution in [3.05, 3.63) is 47.0 Å². The first-order chi connectivity index (χ1) is 14.9. The van der Waals surface area contributed by atoms with Crippen LogP contribution in [0.4, 0.5) is 16.2 Å². The second kappa shape index (κ2) is 7.99. The standard InChI is InChI=1S/C22H21N5O4/c1-12-8-15(27-18(11-23)21(29)25-22(30)26-27)9-13(2)20(12)31-16-6-7-17-14(10-16)4-3-5-19(28)24-17/h6-10,18H,3-5H2,1-2H3,(H,24,28)(H2,25,26,29,30). The van der Waals surface area contributed by atoms with E-state index < -0.39 is 18.0 Å². The number of nitriles is 1. The first-order valence-electron chi connectivity index (χ1n) is 9.88. The van der Waals surface area contributed by atoms with Crippen LogP contribution >= 0.6 is 0 Å². The van der Waals surface area contributed by atoms with Crippen LogP contribution in [0.3, 0.4) is 0 Å². The lowest BCUT2D eigenvalue weighted by Crippen LogP contribution is -2.64. The highest BCUT2D eigenvalue weighted by molar-refractivity contribution is 6.03. The van der Waals surface area contributed by atoms with Gasteiger partial charge < -0.3 is 10.1 Å². The molecule has 2 heterocycles. The van der Waals surface area contributed by atoms with E-state index in [2.05, 4.69) is 16.1 Å². The summed E-state index contributed by atoms with van der Waals surface area (Å²) >= 11 is 0. The molecule has 0 spiro atoms. The minimum Gasteiger partial charge on any atom is -0.457 e. The van der Waals surface area contributed by atoms with E-state index in [1.807, 2.05) is 32.0 Å². The Bertz CT molecular complexity index is 1110. The second-order valence-corrected chi connectivity index (χ2v) is 7.56. The van der Waals surface area contributed by atoms with Crippen LogP contribution in [0, 0.1) is 25.2 Å². The van der Waals surface area contributed by atoms with Crippen molar-refractivity contribution < 1.29 is 19.1 Å². The van der Waals surface area contributed by atoms with Crippen molar-refractivity contribution in [3.63, 3.8) is 0 Å². The van der Waals surface area contributed by atoms with Gasteiger partial charge in [-0.1, -0.05) is 0 Å². The molecule has 158 valence electrons. The fourth-order valence-corrected chi connectivity index (χ4v) is 3.79. The number of rotatable bonds is 3. The smallest absolute Gasteiger partial charge is 0.340 e. The molecule has 9 nitrogen and oxygen atoms in total. The summed E-state index contributed by atoms with van der Waals surface area (Å²) in [6.45, 7) is 3.70. The Labute approximate surface area is 178 Å². The van der Waals surface area contributed by atoms with Gasteiger partial charge in [0.15, 0.2) is 0 Å². The number of amides is 4. The number of aryl methyl sites for hydroxylation is 3. The summed E-state index contributed by atoms with van der Waals surface area (Å²) in [6, 6.07) is 9.08. The van der Waals surface area contributed by atoms with Gasteiger partial charge in [0.1, 0.15) is 11.5 Å². The molecule has 2 aliphatic heterocycles. The Hall–Kier alpha value is -4.06. The molecule has 0 saturated carbocycles. The summed E-state index contributed by atoms with van der Waals surface area (Å²) in [5, 5.41) is 15.6. The minimum atomic E-state index is -1.18. The number of imide groups is 1. The Kier molecular flexibility index (Phi) is 5.21. The van der Waals surface area contributed by atoms with Crippen LogP contribution in [0.5, 0.6) is 11.5 Å². The van der Waals surface area contributed by atoms with Gasteiger partial charge in [-0.3, -0.25) is 19.9 Å². The van der Waals surface area contributed by atoms with Gasteiger partial charge in [0.25, 0.3) is 5.91 Å². The fourth-order valence-electron chi connectivity index (χ4n) is 3.79. The predicted octanol–water partition coefficient (Wildman–Crippen LogP) is 2.82. The summed E-state index contributed by atoms with van der Waals surface area (Å²) in [7, 11) is 0. The van der Waals surface area contributed by atoms with Crippen LogP contribution in [0.25, 0.3) is 0 Å². The van der Waals surface area contributed by atoms with Crippen LogP contribution in [-0.4, -0.2) is 23.9 Å². The van der Waals surface area contributed by atoms with E-state index in [0.29, 0.717) is 23.6 Å². The molecular formula is C22H21N5O4. The number of hydrazine groups is 1. The number of anilines is 2. The molecule has 4 rings (SSSR count). The number of carbonyl (C=O) groups excluding carboxylic acids is 3. The topological polar surface area (TPSA) is 124 Å². The molecule has 31 heavy (non-hydrogen) atoms. The number of carbonyl (C=O) groups is 3. The minimum absolute atomic E-state index is 0.0175. The number of hydrogen-bond acceptors (Lipinski definition) is 6. The summed E-state index contributed by atoms with van der Waals surface area (Å²) in [5.74, 6) is 0.625. The van der Waals surface area contributed by atoms with Gasteiger partial charge in [0.05, 0.1) is 11.8 Å². The predicted molar refractivity (Wildman–Crippen MR) is 113 cm³/mol. The Morgan fingerprint density at radius 3 is 2.52 bits per heavy atom. The lowest BCUT2D eigenvalue weighted by molar-refractivity contribution is -0.121. The average molecular weight is 419 g/mol. The van der Waals surface area contributed by atoms with Gasteiger partial charge >= 0.3 is 6.03 Å². The maximum Gasteiger partial charge on any atom is 0.340 e. The zero-order valence-corrected chi connectivity index (χ0v) is 17.1.